The number of carboxylic acids is 2. The summed E-state index contributed by atoms with van der Waals surface area (Å²) >= 11 is 3.29. The number of anilines is 3. The molecule has 3 aromatic rings. The first-order valence-electron chi connectivity index (χ1n) is 9.99. The Balaban J connectivity index is 0.00000432. The Bertz CT molecular complexity index is 1260. The van der Waals surface area contributed by atoms with Crippen molar-refractivity contribution in [3.05, 3.63) is 46.2 Å². The fourth-order valence-corrected chi connectivity index (χ4v) is 3.41. The smallest absolute Gasteiger partial charge is 0.326 e. The Hall–Kier alpha value is -3.71. The number of amides is 1. The van der Waals surface area contributed by atoms with E-state index in [1.165, 1.54) is 0 Å². The minimum Gasteiger partial charge on any atom is -0.481 e. The average Bonchev–Trinajstić information content (AvgIpc) is 2.80. The highest BCUT2D eigenvalue weighted by Gasteiger charge is 2.21. The molecule has 3 rings (SSSR count). The number of carbonyl (C=O) groups is 3. The quantitative estimate of drug-likeness (QED) is 0.253. The highest BCUT2D eigenvalue weighted by atomic mass is 79.9. The highest BCUT2D eigenvalue weighted by Crippen LogP contribution is 2.30. The van der Waals surface area contributed by atoms with Gasteiger partial charge in [-0.1, -0.05) is 0 Å². The van der Waals surface area contributed by atoms with Crippen LogP contribution in [0.2, 0.25) is 0 Å². The maximum atomic E-state index is 12.4. The Morgan fingerprint density at radius 3 is 2.40 bits per heavy atom. The van der Waals surface area contributed by atoms with E-state index in [0.29, 0.717) is 33.6 Å². The van der Waals surface area contributed by atoms with Crippen LogP contribution in [0.4, 0.5) is 17.2 Å². The number of benzene rings is 1. The Morgan fingerprint density at radius 1 is 1.14 bits per heavy atom. The lowest BCUT2D eigenvalue weighted by atomic mass is 10.1. The second kappa shape index (κ2) is 11.6. The third-order valence-corrected chi connectivity index (χ3v) is 5.80. The predicted octanol–water partition coefficient (Wildman–Crippen LogP) is 2.06. The van der Waals surface area contributed by atoms with E-state index in [4.69, 9.17) is 16.6 Å². The van der Waals surface area contributed by atoms with Gasteiger partial charge in [-0.05, 0) is 46.6 Å². The van der Waals surface area contributed by atoms with E-state index >= 15 is 0 Å². The van der Waals surface area contributed by atoms with Gasteiger partial charge in [-0.25, -0.2) is 19.7 Å². The molecule has 35 heavy (non-hydrogen) atoms. The number of rotatable bonds is 9. The van der Waals surface area contributed by atoms with Crippen LogP contribution in [0.15, 0.2) is 34.9 Å². The SMILES string of the molecule is CN(Cc1cnc2nc(N)c(Br)c(N)c2n1)c1ccc(C(=O)NC(CCC(=O)O)C(=O)O)cc1.Cl. The molecule has 186 valence electrons. The maximum absolute atomic E-state index is 12.4. The Morgan fingerprint density at radius 2 is 1.80 bits per heavy atom. The molecule has 2 aromatic heterocycles. The van der Waals surface area contributed by atoms with Crippen molar-refractivity contribution < 1.29 is 24.6 Å². The van der Waals surface area contributed by atoms with Crippen molar-refractivity contribution in [2.24, 2.45) is 0 Å². The van der Waals surface area contributed by atoms with E-state index in [1.54, 1.807) is 30.5 Å². The molecular formula is C21H23BrClN7O5. The van der Waals surface area contributed by atoms with Gasteiger partial charge in [0, 0.05) is 24.7 Å². The van der Waals surface area contributed by atoms with E-state index in [-0.39, 0.29) is 36.6 Å². The highest BCUT2D eigenvalue weighted by molar-refractivity contribution is 9.10. The summed E-state index contributed by atoms with van der Waals surface area (Å²) in [7, 11) is 1.83. The number of carboxylic acid groups (broad SMARTS) is 2. The first kappa shape index (κ1) is 27.5. The molecule has 1 amide bonds. The van der Waals surface area contributed by atoms with Crippen LogP contribution in [-0.4, -0.2) is 56.1 Å². The van der Waals surface area contributed by atoms with Crippen molar-refractivity contribution in [3.63, 3.8) is 0 Å². The van der Waals surface area contributed by atoms with Gasteiger partial charge < -0.3 is 31.9 Å². The van der Waals surface area contributed by atoms with Gasteiger partial charge in [0.1, 0.15) is 17.4 Å². The Kier molecular flexibility index (Phi) is 9.14. The third-order valence-electron chi connectivity index (χ3n) is 4.97. The third kappa shape index (κ3) is 6.67. The number of aromatic nitrogens is 3. The van der Waals surface area contributed by atoms with Crippen LogP contribution < -0.4 is 21.7 Å². The molecule has 0 saturated heterocycles. The number of nitrogen functional groups attached to an aromatic ring is 2. The van der Waals surface area contributed by atoms with E-state index in [9.17, 15) is 19.5 Å². The largest absolute Gasteiger partial charge is 0.481 e. The topological polar surface area (TPSA) is 198 Å². The lowest BCUT2D eigenvalue weighted by molar-refractivity contribution is -0.140. The summed E-state index contributed by atoms with van der Waals surface area (Å²) in [4.78, 5) is 49.2. The van der Waals surface area contributed by atoms with Crippen LogP contribution in [0.3, 0.4) is 0 Å². The number of fused-ring (bicyclic) bond motifs is 1. The number of aliphatic carboxylic acids is 2. The molecule has 0 spiro atoms. The van der Waals surface area contributed by atoms with Crippen LogP contribution >= 0.6 is 28.3 Å². The standard InChI is InChI=1S/C21H22BrN7O5.ClH/c1-29(9-11-8-25-19-17(26-11)16(23)15(22)18(24)28-19)12-4-2-10(3-5-12)20(32)27-13(21(33)34)6-7-14(30)31;/h2-5,8,13H,6-7,9H2,1H3,(H,27,32)(H,30,31)(H,33,34)(H4,23,24,25,28);1H. The van der Waals surface area contributed by atoms with Crippen LogP contribution in [0.25, 0.3) is 11.2 Å². The molecule has 14 heteroatoms. The van der Waals surface area contributed by atoms with E-state index in [2.05, 4.69) is 36.2 Å². The van der Waals surface area contributed by atoms with Gasteiger partial charge >= 0.3 is 11.9 Å². The van der Waals surface area contributed by atoms with Crippen LogP contribution in [-0.2, 0) is 16.1 Å². The lowest BCUT2D eigenvalue weighted by Gasteiger charge is -2.19. The van der Waals surface area contributed by atoms with Crippen molar-refractivity contribution in [1.82, 2.24) is 20.3 Å². The second-order valence-electron chi connectivity index (χ2n) is 7.46. The second-order valence-corrected chi connectivity index (χ2v) is 8.25. The lowest BCUT2D eigenvalue weighted by Crippen LogP contribution is -2.41. The maximum Gasteiger partial charge on any atom is 0.326 e. The van der Waals surface area contributed by atoms with E-state index < -0.39 is 23.9 Å². The van der Waals surface area contributed by atoms with Crippen molar-refractivity contribution in [2.75, 3.05) is 23.4 Å². The molecule has 7 N–H and O–H groups in total. The van der Waals surface area contributed by atoms with E-state index in [0.717, 1.165) is 5.69 Å². The summed E-state index contributed by atoms with van der Waals surface area (Å²) in [6.07, 6.45) is 0.988. The molecule has 0 saturated carbocycles. The average molecular weight is 569 g/mol. The number of nitrogens with one attached hydrogen (secondary N) is 1. The van der Waals surface area contributed by atoms with Crippen molar-refractivity contribution in [3.8, 4) is 0 Å². The molecule has 1 aromatic carbocycles. The number of nitrogens with zero attached hydrogens (tertiary/aromatic N) is 4. The zero-order valence-electron chi connectivity index (χ0n) is 18.4. The molecule has 2 heterocycles. The molecule has 0 radical (unpaired) electrons. The zero-order chi connectivity index (χ0) is 25.0. The molecule has 0 aliphatic carbocycles. The molecule has 12 nitrogen and oxygen atoms in total. The minimum atomic E-state index is -1.30. The van der Waals surface area contributed by atoms with Crippen LogP contribution in [0, 0.1) is 0 Å². The summed E-state index contributed by atoms with van der Waals surface area (Å²) in [5.41, 5.74) is 14.6. The summed E-state index contributed by atoms with van der Waals surface area (Å²) in [6.45, 7) is 0.381. The van der Waals surface area contributed by atoms with Gasteiger partial charge in [-0.15, -0.1) is 12.4 Å². The first-order valence-corrected chi connectivity index (χ1v) is 10.8. The van der Waals surface area contributed by atoms with Gasteiger partial charge in [0.05, 0.1) is 28.6 Å². The van der Waals surface area contributed by atoms with Gasteiger partial charge in [-0.2, -0.15) is 0 Å². The first-order chi connectivity index (χ1) is 16.1. The molecule has 1 unspecified atom stereocenters. The summed E-state index contributed by atoms with van der Waals surface area (Å²) < 4.78 is 0.460. The molecule has 1 atom stereocenters. The van der Waals surface area contributed by atoms with Gasteiger partial charge in [0.25, 0.3) is 5.91 Å². The molecule has 0 aliphatic rings. The van der Waals surface area contributed by atoms with Gasteiger partial charge in [-0.3, -0.25) is 9.59 Å². The normalized spacial score (nSPS) is 11.4. The van der Waals surface area contributed by atoms with Gasteiger partial charge in [0.15, 0.2) is 5.65 Å². The number of carbonyl (C=O) groups excluding carboxylic acids is 1. The molecule has 0 aliphatic heterocycles. The van der Waals surface area contributed by atoms with Crippen molar-refractivity contribution in [1.29, 1.82) is 0 Å². The fourth-order valence-electron chi connectivity index (χ4n) is 3.13. The molecular weight excluding hydrogens is 546 g/mol. The van der Waals surface area contributed by atoms with Crippen molar-refractivity contribution in [2.45, 2.75) is 25.4 Å². The van der Waals surface area contributed by atoms with E-state index in [1.807, 2.05) is 11.9 Å². The Labute approximate surface area is 214 Å². The zero-order valence-corrected chi connectivity index (χ0v) is 20.8. The van der Waals surface area contributed by atoms with Crippen molar-refractivity contribution >= 4 is 74.5 Å². The minimum absolute atomic E-state index is 0. The molecule has 0 fully saturated rings. The summed E-state index contributed by atoms with van der Waals surface area (Å²) in [5, 5.41) is 20.3. The molecule has 0 bridgehead atoms. The van der Waals surface area contributed by atoms with Gasteiger partial charge in [0.2, 0.25) is 0 Å². The fraction of sp³-hybridized carbons (Fsp3) is 0.238. The number of hydrogen-bond donors (Lipinski definition) is 5. The number of hydrogen-bond acceptors (Lipinski definition) is 9. The predicted molar refractivity (Wildman–Crippen MR) is 135 cm³/mol. The summed E-state index contributed by atoms with van der Waals surface area (Å²) in [5.74, 6) is -2.82. The number of nitrogens with two attached hydrogens (primary N) is 2. The summed E-state index contributed by atoms with van der Waals surface area (Å²) in [6, 6.07) is 5.19. The number of halogens is 2. The monoisotopic (exact) mass is 567 g/mol. The van der Waals surface area contributed by atoms with Crippen LogP contribution in [0.1, 0.15) is 28.9 Å². The van der Waals surface area contributed by atoms with Crippen LogP contribution in [0.5, 0.6) is 0 Å². The number of pyridine rings is 1.